The first kappa shape index (κ1) is 27.3. The Bertz CT molecular complexity index is 1240. The zero-order valence-electron chi connectivity index (χ0n) is 22.9. The fourth-order valence-corrected chi connectivity index (χ4v) is 5.16. The summed E-state index contributed by atoms with van der Waals surface area (Å²) in [5, 5.41) is 0.610. The molecule has 0 aliphatic carbocycles. The first-order valence-electron chi connectivity index (χ1n) is 13.5. The molecule has 0 saturated carbocycles. The van der Waals surface area contributed by atoms with Gasteiger partial charge in [0.15, 0.2) is 12.4 Å². The molecule has 1 aromatic heterocycles. The predicted molar refractivity (Wildman–Crippen MR) is 147 cm³/mol. The Morgan fingerprint density at radius 3 is 2.45 bits per heavy atom. The lowest BCUT2D eigenvalue weighted by Gasteiger charge is -2.25. The molecule has 2 aromatic rings. The Morgan fingerprint density at radius 1 is 1.05 bits per heavy atom. The molecule has 7 heteroatoms. The molecule has 0 radical (unpaired) electrons. The number of aromatic nitrogens is 1. The van der Waals surface area contributed by atoms with Gasteiger partial charge in [-0.3, -0.25) is 9.59 Å². The van der Waals surface area contributed by atoms with Gasteiger partial charge in [0.05, 0.1) is 0 Å². The Morgan fingerprint density at radius 2 is 1.76 bits per heavy atom. The van der Waals surface area contributed by atoms with E-state index in [0.29, 0.717) is 11.5 Å². The molecule has 2 aliphatic heterocycles. The van der Waals surface area contributed by atoms with E-state index in [0.717, 1.165) is 31.5 Å². The number of rotatable bonds is 10. The molecule has 2 aliphatic rings. The van der Waals surface area contributed by atoms with Crippen LogP contribution in [0.15, 0.2) is 60.6 Å². The largest absolute Gasteiger partial charge is 0.344 e. The van der Waals surface area contributed by atoms with Crippen LogP contribution in [0.1, 0.15) is 76.0 Å². The Balaban J connectivity index is 1.24. The summed E-state index contributed by atoms with van der Waals surface area (Å²) < 4.78 is 2.13. The molecule has 0 N–H and O–H groups in total. The van der Waals surface area contributed by atoms with Crippen LogP contribution in [0.3, 0.4) is 0 Å². The number of allylic oxidation sites excluding steroid dienone is 3. The third kappa shape index (κ3) is 6.04. The smallest absolute Gasteiger partial charge is 0.333 e. The Hall–Kier alpha value is -3.74. The summed E-state index contributed by atoms with van der Waals surface area (Å²) >= 11 is 0. The van der Waals surface area contributed by atoms with E-state index in [1.54, 1.807) is 0 Å². The van der Waals surface area contributed by atoms with Gasteiger partial charge in [0.25, 0.3) is 11.8 Å². The van der Waals surface area contributed by atoms with Gasteiger partial charge in [-0.25, -0.2) is 9.36 Å². The number of hydrogen-bond donors (Lipinski definition) is 0. The summed E-state index contributed by atoms with van der Waals surface area (Å²) in [5.74, 6) is -1.42. The minimum atomic E-state index is -0.533. The van der Waals surface area contributed by atoms with Crippen molar-refractivity contribution in [3.05, 3.63) is 77.3 Å². The number of carbonyl (C=O) groups excluding carboxylic acids is 3. The van der Waals surface area contributed by atoms with E-state index in [1.165, 1.54) is 22.5 Å². The van der Waals surface area contributed by atoms with Gasteiger partial charge in [0, 0.05) is 61.2 Å². The maximum Gasteiger partial charge on any atom is 0.333 e. The van der Waals surface area contributed by atoms with E-state index in [2.05, 4.69) is 98.1 Å². The number of imide groups is 1. The topological polar surface area (TPSA) is 70.8 Å². The maximum atomic E-state index is 11.9. The van der Waals surface area contributed by atoms with Crippen molar-refractivity contribution < 1.29 is 23.8 Å². The van der Waals surface area contributed by atoms with Gasteiger partial charge in [-0.2, -0.15) is 0 Å². The molecule has 1 saturated heterocycles. The second kappa shape index (κ2) is 11.8. The highest BCUT2D eigenvalue weighted by molar-refractivity contribution is 6.01. The molecule has 2 amide bonds. The molecule has 200 valence electrons. The molecular weight excluding hydrogens is 478 g/mol. The van der Waals surface area contributed by atoms with Crippen LogP contribution < -0.4 is 9.47 Å². The standard InChI is InChI=1S/C31H38N3O4/c1-5-33-26-14-13-23(2)22-25(26)31(3,4)27(33)11-9-10-24-17-20-32(21-18-24)19-8-6-7-12-30(37)38-34-28(35)15-16-29(34)36/h9-11,13-14,17-18,20-22H,5-8,12,15-16,19H2,1-4H3/q+1. The van der Waals surface area contributed by atoms with Crippen LogP contribution >= 0.6 is 0 Å². The van der Waals surface area contributed by atoms with Crippen molar-refractivity contribution in [2.24, 2.45) is 0 Å². The van der Waals surface area contributed by atoms with Gasteiger partial charge in [-0.1, -0.05) is 43.7 Å². The van der Waals surface area contributed by atoms with Crippen molar-refractivity contribution in [3.63, 3.8) is 0 Å². The zero-order chi connectivity index (χ0) is 27.3. The van der Waals surface area contributed by atoms with Crippen molar-refractivity contribution in [2.75, 3.05) is 11.4 Å². The first-order chi connectivity index (χ1) is 18.2. The molecule has 0 atom stereocenters. The van der Waals surface area contributed by atoms with Crippen LogP contribution in [0.2, 0.25) is 0 Å². The summed E-state index contributed by atoms with van der Waals surface area (Å²) in [7, 11) is 0. The number of amides is 2. The highest BCUT2D eigenvalue weighted by atomic mass is 16.7. The molecule has 0 spiro atoms. The zero-order valence-corrected chi connectivity index (χ0v) is 22.9. The van der Waals surface area contributed by atoms with Crippen LogP contribution in [0.5, 0.6) is 0 Å². The fourth-order valence-electron chi connectivity index (χ4n) is 5.16. The van der Waals surface area contributed by atoms with Crippen molar-refractivity contribution in [2.45, 2.75) is 78.2 Å². The van der Waals surface area contributed by atoms with E-state index in [-0.39, 0.29) is 24.7 Å². The Labute approximate surface area is 225 Å². The van der Waals surface area contributed by atoms with Crippen molar-refractivity contribution in [3.8, 4) is 0 Å². The quantitative estimate of drug-likeness (QED) is 0.248. The molecule has 3 heterocycles. The lowest BCUT2D eigenvalue weighted by molar-refractivity contribution is -0.697. The number of benzene rings is 1. The van der Waals surface area contributed by atoms with Crippen molar-refractivity contribution >= 4 is 29.5 Å². The first-order valence-corrected chi connectivity index (χ1v) is 13.5. The van der Waals surface area contributed by atoms with Crippen LogP contribution in [-0.2, 0) is 31.2 Å². The van der Waals surface area contributed by atoms with Crippen LogP contribution in [0.25, 0.3) is 6.08 Å². The van der Waals surface area contributed by atoms with Gasteiger partial charge in [0.2, 0.25) is 0 Å². The molecule has 38 heavy (non-hydrogen) atoms. The number of hydrogen-bond acceptors (Lipinski definition) is 5. The Kier molecular flexibility index (Phi) is 8.45. The number of anilines is 1. The molecule has 1 aromatic carbocycles. The molecular formula is C31H38N3O4+. The number of carbonyl (C=O) groups is 3. The third-order valence-electron chi connectivity index (χ3n) is 7.32. The third-order valence-corrected chi connectivity index (χ3v) is 7.32. The summed E-state index contributed by atoms with van der Waals surface area (Å²) in [5.41, 5.74) is 6.38. The van der Waals surface area contributed by atoms with Crippen LogP contribution in [-0.4, -0.2) is 29.4 Å². The normalized spacial score (nSPS) is 17.6. The van der Waals surface area contributed by atoms with Crippen molar-refractivity contribution in [1.29, 1.82) is 0 Å². The number of pyridine rings is 1. The molecule has 0 bridgehead atoms. The highest BCUT2D eigenvalue weighted by Crippen LogP contribution is 2.47. The van der Waals surface area contributed by atoms with Gasteiger partial charge >= 0.3 is 5.97 Å². The second-order valence-electron chi connectivity index (χ2n) is 10.5. The number of fused-ring (bicyclic) bond motifs is 1. The molecule has 7 nitrogen and oxygen atoms in total. The summed E-state index contributed by atoms with van der Waals surface area (Å²) in [6.07, 6.45) is 13.5. The molecule has 1 fully saturated rings. The lowest BCUT2D eigenvalue weighted by atomic mass is 9.83. The van der Waals surface area contributed by atoms with Gasteiger partial charge in [-0.05, 0) is 50.0 Å². The minimum absolute atomic E-state index is 0.0405. The van der Waals surface area contributed by atoms with Crippen LogP contribution in [0.4, 0.5) is 5.69 Å². The SMILES string of the molecule is CCN1C(=CC=Cc2cc[n+](CCCCCC(=O)ON3C(=O)CCC3=O)cc2)C(C)(C)c2cc(C)ccc21. The minimum Gasteiger partial charge on any atom is -0.344 e. The number of aryl methyl sites for hydroxylation is 2. The van der Waals surface area contributed by atoms with Gasteiger partial charge in [0.1, 0.15) is 6.54 Å². The van der Waals surface area contributed by atoms with Crippen LogP contribution in [0, 0.1) is 6.92 Å². The monoisotopic (exact) mass is 516 g/mol. The number of nitrogens with zero attached hydrogens (tertiary/aromatic N) is 3. The number of likely N-dealkylation sites (N-methyl/N-ethyl adjacent to an activating group) is 1. The van der Waals surface area contributed by atoms with E-state index < -0.39 is 17.8 Å². The van der Waals surface area contributed by atoms with Gasteiger partial charge < -0.3 is 9.74 Å². The molecule has 4 rings (SSSR count). The van der Waals surface area contributed by atoms with Crippen molar-refractivity contribution in [1.82, 2.24) is 5.06 Å². The summed E-state index contributed by atoms with van der Waals surface area (Å²) in [4.78, 5) is 42.2. The predicted octanol–water partition coefficient (Wildman–Crippen LogP) is 5.16. The average Bonchev–Trinajstić information content (AvgIpc) is 3.31. The van der Waals surface area contributed by atoms with E-state index >= 15 is 0 Å². The van der Waals surface area contributed by atoms with E-state index in [9.17, 15) is 14.4 Å². The number of hydroxylamine groups is 2. The van der Waals surface area contributed by atoms with Gasteiger partial charge in [-0.15, -0.1) is 5.06 Å². The van der Waals surface area contributed by atoms with E-state index in [1.807, 2.05) is 0 Å². The fraction of sp³-hybridized carbons (Fsp3) is 0.419. The summed E-state index contributed by atoms with van der Waals surface area (Å²) in [6, 6.07) is 10.9. The average molecular weight is 517 g/mol. The number of unbranched alkanes of at least 4 members (excludes halogenated alkanes) is 2. The molecule has 0 unspecified atom stereocenters. The lowest BCUT2D eigenvalue weighted by Crippen LogP contribution is -2.32. The summed E-state index contributed by atoms with van der Waals surface area (Å²) in [6.45, 7) is 10.7. The second-order valence-corrected chi connectivity index (χ2v) is 10.5. The maximum absolute atomic E-state index is 11.9. The highest BCUT2D eigenvalue weighted by Gasteiger charge is 2.39. The van der Waals surface area contributed by atoms with E-state index in [4.69, 9.17) is 4.84 Å².